The van der Waals surface area contributed by atoms with Crippen molar-refractivity contribution in [3.05, 3.63) is 22.7 Å². The van der Waals surface area contributed by atoms with Crippen LogP contribution in [0.3, 0.4) is 0 Å². The maximum Gasteiger partial charge on any atom is 0.160 e. The van der Waals surface area contributed by atoms with Crippen molar-refractivity contribution in [1.82, 2.24) is 9.97 Å². The summed E-state index contributed by atoms with van der Waals surface area (Å²) in [6.07, 6.45) is 9.70. The smallest absolute Gasteiger partial charge is 0.160 e. The summed E-state index contributed by atoms with van der Waals surface area (Å²) in [5, 5.41) is 10.2. The third-order valence-corrected chi connectivity index (χ3v) is 3.16. The zero-order chi connectivity index (χ0) is 11.1. The fourth-order valence-corrected chi connectivity index (χ4v) is 2.26. The highest BCUT2D eigenvalue weighted by Gasteiger charge is 2.52. The largest absolute Gasteiger partial charge is 0.382 e. The Bertz CT molecular complexity index is 415. The molecule has 1 saturated carbocycles. The Morgan fingerprint density at radius 2 is 2.00 bits per heavy atom. The van der Waals surface area contributed by atoms with Crippen molar-refractivity contribution in [2.75, 3.05) is 0 Å². The Morgan fingerprint density at radius 3 is 2.47 bits per heavy atom. The first-order valence-electron chi connectivity index (χ1n) is 4.66. The van der Waals surface area contributed by atoms with Gasteiger partial charge in [0.05, 0.1) is 4.47 Å². The van der Waals surface area contributed by atoms with Crippen molar-refractivity contribution in [2.24, 2.45) is 5.41 Å². The Morgan fingerprint density at radius 1 is 1.47 bits per heavy atom. The van der Waals surface area contributed by atoms with E-state index in [1.807, 2.05) is 6.92 Å². The van der Waals surface area contributed by atoms with Crippen LogP contribution in [-0.2, 0) is 5.60 Å². The molecule has 1 fully saturated rings. The molecule has 1 heterocycles. The molecule has 4 heteroatoms. The van der Waals surface area contributed by atoms with Gasteiger partial charge < -0.3 is 5.11 Å². The molecule has 0 amide bonds. The average Bonchev–Trinajstić information content (AvgIpc) is 2.16. The van der Waals surface area contributed by atoms with Crippen LogP contribution in [0.4, 0.5) is 0 Å². The monoisotopic (exact) mass is 266 g/mol. The van der Waals surface area contributed by atoms with Gasteiger partial charge in [0.15, 0.2) is 5.82 Å². The summed E-state index contributed by atoms with van der Waals surface area (Å²) in [6, 6.07) is 0. The maximum atomic E-state index is 10.2. The molecule has 1 aromatic rings. The Hall–Kier alpha value is -0.920. The van der Waals surface area contributed by atoms with Gasteiger partial charge in [-0.1, -0.05) is 5.92 Å². The molecule has 2 rings (SSSR count). The average molecular weight is 267 g/mol. The highest BCUT2D eigenvalue weighted by atomic mass is 79.9. The SMILES string of the molecule is C#CC1(C)CC(O)(c2ncc(Br)cn2)C1. The Labute approximate surface area is 97.1 Å². The predicted molar refractivity (Wildman–Crippen MR) is 59.8 cm³/mol. The van der Waals surface area contributed by atoms with Crippen LogP contribution in [0.15, 0.2) is 16.9 Å². The van der Waals surface area contributed by atoms with E-state index in [0.29, 0.717) is 18.7 Å². The first kappa shape index (κ1) is 10.6. The van der Waals surface area contributed by atoms with Crippen molar-refractivity contribution in [3.63, 3.8) is 0 Å². The van der Waals surface area contributed by atoms with Crippen LogP contribution in [0.25, 0.3) is 0 Å². The van der Waals surface area contributed by atoms with E-state index in [-0.39, 0.29) is 5.41 Å². The number of terminal acetylenes is 1. The molecule has 3 nitrogen and oxygen atoms in total. The van der Waals surface area contributed by atoms with E-state index in [1.165, 1.54) is 0 Å². The van der Waals surface area contributed by atoms with E-state index >= 15 is 0 Å². The molecule has 1 aromatic heterocycles. The highest BCUT2D eigenvalue weighted by molar-refractivity contribution is 9.10. The molecule has 15 heavy (non-hydrogen) atoms. The molecule has 0 radical (unpaired) electrons. The van der Waals surface area contributed by atoms with Gasteiger partial charge in [-0.25, -0.2) is 9.97 Å². The summed E-state index contributed by atoms with van der Waals surface area (Å²) in [7, 11) is 0. The second-order valence-electron chi connectivity index (χ2n) is 4.32. The number of hydrogen-bond donors (Lipinski definition) is 1. The van der Waals surface area contributed by atoms with Gasteiger partial charge >= 0.3 is 0 Å². The molecule has 0 atom stereocenters. The fourth-order valence-electron chi connectivity index (χ4n) is 2.05. The fraction of sp³-hybridized carbons (Fsp3) is 0.455. The molecule has 0 saturated heterocycles. The molecule has 0 aromatic carbocycles. The number of aromatic nitrogens is 2. The van der Waals surface area contributed by atoms with Crippen LogP contribution in [0.2, 0.25) is 0 Å². The first-order valence-corrected chi connectivity index (χ1v) is 5.45. The minimum atomic E-state index is -0.943. The minimum absolute atomic E-state index is 0.217. The van der Waals surface area contributed by atoms with Crippen molar-refractivity contribution >= 4 is 15.9 Å². The zero-order valence-corrected chi connectivity index (χ0v) is 9.95. The summed E-state index contributed by atoms with van der Waals surface area (Å²) in [4.78, 5) is 8.19. The second kappa shape index (κ2) is 3.29. The van der Waals surface area contributed by atoms with E-state index in [4.69, 9.17) is 6.42 Å². The second-order valence-corrected chi connectivity index (χ2v) is 5.23. The van der Waals surface area contributed by atoms with E-state index in [2.05, 4.69) is 31.8 Å². The molecule has 0 aliphatic heterocycles. The van der Waals surface area contributed by atoms with Crippen LogP contribution >= 0.6 is 15.9 Å². The molecule has 1 N–H and O–H groups in total. The highest BCUT2D eigenvalue weighted by Crippen LogP contribution is 2.52. The topological polar surface area (TPSA) is 46.0 Å². The zero-order valence-electron chi connectivity index (χ0n) is 8.37. The normalized spacial score (nSPS) is 34.3. The van der Waals surface area contributed by atoms with Crippen molar-refractivity contribution in [2.45, 2.75) is 25.4 Å². The van der Waals surface area contributed by atoms with Gasteiger partial charge in [0.25, 0.3) is 0 Å². The van der Waals surface area contributed by atoms with Crippen LogP contribution in [0.5, 0.6) is 0 Å². The van der Waals surface area contributed by atoms with E-state index in [0.717, 1.165) is 4.47 Å². The van der Waals surface area contributed by atoms with Gasteiger partial charge in [-0.2, -0.15) is 0 Å². The lowest BCUT2D eigenvalue weighted by molar-refractivity contribution is -0.108. The standard InChI is InChI=1S/C11H11BrN2O/c1-3-10(2)6-11(15,7-10)9-13-4-8(12)5-14-9/h1,4-5,15H,6-7H2,2H3. The Kier molecular flexibility index (Phi) is 2.32. The summed E-state index contributed by atoms with van der Waals surface area (Å²) < 4.78 is 0.800. The van der Waals surface area contributed by atoms with Crippen LogP contribution in [0, 0.1) is 17.8 Å². The Balaban J connectivity index is 2.21. The lowest BCUT2D eigenvalue weighted by Gasteiger charge is -2.47. The quantitative estimate of drug-likeness (QED) is 0.790. The number of hydrogen-bond acceptors (Lipinski definition) is 3. The molecule has 0 unspecified atom stereocenters. The number of rotatable bonds is 1. The van der Waals surface area contributed by atoms with Crippen molar-refractivity contribution in [1.29, 1.82) is 0 Å². The molecule has 0 spiro atoms. The summed E-state index contributed by atoms with van der Waals surface area (Å²) in [5.74, 6) is 3.15. The lowest BCUT2D eigenvalue weighted by Crippen LogP contribution is -2.48. The predicted octanol–water partition coefficient (Wildman–Crippen LogP) is 1.86. The molecule has 0 bridgehead atoms. The molecule has 1 aliphatic carbocycles. The van der Waals surface area contributed by atoms with E-state index < -0.39 is 5.60 Å². The van der Waals surface area contributed by atoms with Crippen molar-refractivity contribution < 1.29 is 5.11 Å². The van der Waals surface area contributed by atoms with Gasteiger partial charge in [-0.05, 0) is 35.7 Å². The van der Waals surface area contributed by atoms with Crippen LogP contribution in [-0.4, -0.2) is 15.1 Å². The maximum absolute atomic E-state index is 10.2. The van der Waals surface area contributed by atoms with Gasteiger partial charge in [-0.15, -0.1) is 6.42 Å². The first-order chi connectivity index (χ1) is 6.97. The minimum Gasteiger partial charge on any atom is -0.382 e. The van der Waals surface area contributed by atoms with Gasteiger partial charge in [0, 0.05) is 17.8 Å². The van der Waals surface area contributed by atoms with Gasteiger partial charge in [0.1, 0.15) is 5.60 Å². The molecular formula is C11H11BrN2O. The molecule has 78 valence electrons. The number of halogens is 1. The number of aliphatic hydroxyl groups is 1. The van der Waals surface area contributed by atoms with Crippen LogP contribution in [0.1, 0.15) is 25.6 Å². The third kappa shape index (κ3) is 1.77. The summed E-state index contributed by atoms with van der Waals surface area (Å²) in [6.45, 7) is 1.96. The van der Waals surface area contributed by atoms with E-state index in [1.54, 1.807) is 12.4 Å². The van der Waals surface area contributed by atoms with Crippen LogP contribution < -0.4 is 0 Å². The summed E-state index contributed by atoms with van der Waals surface area (Å²) >= 11 is 3.25. The molecule has 1 aliphatic rings. The van der Waals surface area contributed by atoms with E-state index in [9.17, 15) is 5.11 Å². The lowest BCUT2D eigenvalue weighted by atomic mass is 9.60. The van der Waals surface area contributed by atoms with Crippen molar-refractivity contribution in [3.8, 4) is 12.3 Å². The third-order valence-electron chi connectivity index (χ3n) is 2.75. The molecular weight excluding hydrogens is 256 g/mol. The van der Waals surface area contributed by atoms with Gasteiger partial charge in [0.2, 0.25) is 0 Å². The van der Waals surface area contributed by atoms with Gasteiger partial charge in [-0.3, -0.25) is 0 Å². The summed E-state index contributed by atoms with van der Waals surface area (Å²) in [5.41, 5.74) is -1.16. The number of nitrogens with zero attached hydrogens (tertiary/aromatic N) is 2.